The van der Waals surface area contributed by atoms with E-state index in [2.05, 4.69) is 17.1 Å². The predicted octanol–water partition coefficient (Wildman–Crippen LogP) is 3.55. The number of hydrogen-bond acceptors (Lipinski definition) is 4. The molecular formula is C13H16ClN3OS. The molecule has 2 rings (SSSR count). The molecule has 0 amide bonds. The van der Waals surface area contributed by atoms with Crippen LogP contribution in [0.5, 0.6) is 5.75 Å². The van der Waals surface area contributed by atoms with Crippen LogP contribution in [0.25, 0.3) is 0 Å². The summed E-state index contributed by atoms with van der Waals surface area (Å²) < 4.78 is 7.61. The SMILES string of the molecule is CCCSc1nnc(COc2ccccc2Cl)n1C. The Balaban J connectivity index is 2.00. The highest BCUT2D eigenvalue weighted by Gasteiger charge is 2.10. The third kappa shape index (κ3) is 3.64. The lowest BCUT2D eigenvalue weighted by Crippen LogP contribution is -2.04. The first-order valence-corrected chi connectivity index (χ1v) is 7.47. The average molecular weight is 298 g/mol. The van der Waals surface area contributed by atoms with E-state index < -0.39 is 0 Å². The smallest absolute Gasteiger partial charge is 0.191 e. The molecule has 0 atom stereocenters. The maximum absolute atomic E-state index is 6.03. The summed E-state index contributed by atoms with van der Waals surface area (Å²) in [5.74, 6) is 2.49. The van der Waals surface area contributed by atoms with Crippen LogP contribution in [-0.4, -0.2) is 20.5 Å². The minimum absolute atomic E-state index is 0.361. The molecular weight excluding hydrogens is 282 g/mol. The van der Waals surface area contributed by atoms with Gasteiger partial charge in [-0.2, -0.15) is 0 Å². The van der Waals surface area contributed by atoms with E-state index in [0.717, 1.165) is 23.2 Å². The molecule has 0 aliphatic rings. The van der Waals surface area contributed by atoms with Crippen molar-refractivity contribution in [2.24, 2.45) is 7.05 Å². The Morgan fingerprint density at radius 3 is 2.84 bits per heavy atom. The van der Waals surface area contributed by atoms with Crippen molar-refractivity contribution in [2.45, 2.75) is 25.1 Å². The van der Waals surface area contributed by atoms with Gasteiger partial charge in [0.2, 0.25) is 0 Å². The molecule has 0 fully saturated rings. The van der Waals surface area contributed by atoms with Gasteiger partial charge >= 0.3 is 0 Å². The van der Waals surface area contributed by atoms with E-state index in [4.69, 9.17) is 16.3 Å². The summed E-state index contributed by atoms with van der Waals surface area (Å²) in [6.07, 6.45) is 1.11. The lowest BCUT2D eigenvalue weighted by atomic mass is 10.3. The van der Waals surface area contributed by atoms with Crippen molar-refractivity contribution >= 4 is 23.4 Å². The van der Waals surface area contributed by atoms with Gasteiger partial charge in [-0.15, -0.1) is 10.2 Å². The number of halogens is 1. The van der Waals surface area contributed by atoms with Crippen molar-refractivity contribution in [3.05, 3.63) is 35.1 Å². The zero-order valence-corrected chi connectivity index (χ0v) is 12.5. The molecule has 1 aromatic carbocycles. The van der Waals surface area contributed by atoms with Crippen molar-refractivity contribution in [2.75, 3.05) is 5.75 Å². The van der Waals surface area contributed by atoms with Gasteiger partial charge in [0.05, 0.1) is 5.02 Å². The Hall–Kier alpha value is -1.20. The lowest BCUT2D eigenvalue weighted by molar-refractivity contribution is 0.290. The molecule has 0 radical (unpaired) electrons. The van der Waals surface area contributed by atoms with E-state index in [1.807, 2.05) is 29.8 Å². The fourth-order valence-corrected chi connectivity index (χ4v) is 2.47. The van der Waals surface area contributed by atoms with E-state index >= 15 is 0 Å². The minimum Gasteiger partial charge on any atom is -0.484 e. The van der Waals surface area contributed by atoms with Crippen LogP contribution >= 0.6 is 23.4 Å². The van der Waals surface area contributed by atoms with E-state index in [1.165, 1.54) is 0 Å². The third-order valence-electron chi connectivity index (χ3n) is 2.55. The molecule has 0 spiro atoms. The molecule has 2 aromatic rings. The number of hydrogen-bond donors (Lipinski definition) is 0. The Kier molecular flexibility index (Phi) is 5.10. The quantitative estimate of drug-likeness (QED) is 0.765. The zero-order valence-electron chi connectivity index (χ0n) is 11.0. The molecule has 19 heavy (non-hydrogen) atoms. The Morgan fingerprint density at radius 2 is 2.11 bits per heavy atom. The van der Waals surface area contributed by atoms with Crippen molar-refractivity contribution in [3.8, 4) is 5.75 Å². The molecule has 1 aromatic heterocycles. The summed E-state index contributed by atoms with van der Waals surface area (Å²) in [4.78, 5) is 0. The molecule has 0 unspecified atom stereocenters. The molecule has 0 bridgehead atoms. The summed E-state index contributed by atoms with van der Waals surface area (Å²) in [6, 6.07) is 7.40. The molecule has 4 nitrogen and oxygen atoms in total. The van der Waals surface area contributed by atoms with Crippen LogP contribution in [0.4, 0.5) is 0 Å². The molecule has 0 saturated heterocycles. The number of benzene rings is 1. The number of aromatic nitrogens is 3. The largest absolute Gasteiger partial charge is 0.484 e. The molecule has 0 N–H and O–H groups in total. The minimum atomic E-state index is 0.361. The predicted molar refractivity (Wildman–Crippen MR) is 77.8 cm³/mol. The van der Waals surface area contributed by atoms with Crippen LogP contribution in [0.2, 0.25) is 5.02 Å². The highest BCUT2D eigenvalue weighted by Crippen LogP contribution is 2.24. The number of nitrogens with zero attached hydrogens (tertiary/aromatic N) is 3. The van der Waals surface area contributed by atoms with Gasteiger partial charge in [0.1, 0.15) is 12.4 Å². The molecule has 102 valence electrons. The number of thioether (sulfide) groups is 1. The molecule has 1 heterocycles. The van der Waals surface area contributed by atoms with Crippen molar-refractivity contribution in [3.63, 3.8) is 0 Å². The number of rotatable bonds is 6. The van der Waals surface area contributed by atoms with Gasteiger partial charge in [-0.05, 0) is 18.6 Å². The lowest BCUT2D eigenvalue weighted by Gasteiger charge is -2.07. The Labute approximate surface area is 122 Å². The van der Waals surface area contributed by atoms with Crippen LogP contribution in [0, 0.1) is 0 Å². The second-order valence-electron chi connectivity index (χ2n) is 4.03. The van der Waals surface area contributed by atoms with Gasteiger partial charge in [0.15, 0.2) is 11.0 Å². The van der Waals surface area contributed by atoms with Crippen LogP contribution in [0.1, 0.15) is 19.2 Å². The standard InChI is InChI=1S/C13H16ClN3OS/c1-3-8-19-13-16-15-12(17(13)2)9-18-11-7-5-4-6-10(11)14/h4-7H,3,8-9H2,1-2H3. The molecule has 0 aliphatic heterocycles. The summed E-state index contributed by atoms with van der Waals surface area (Å²) in [5.41, 5.74) is 0. The molecule has 0 saturated carbocycles. The monoisotopic (exact) mass is 297 g/mol. The molecule has 0 aliphatic carbocycles. The van der Waals surface area contributed by atoms with E-state index in [1.54, 1.807) is 17.8 Å². The zero-order chi connectivity index (χ0) is 13.7. The average Bonchev–Trinajstić information content (AvgIpc) is 2.76. The van der Waals surface area contributed by atoms with Gasteiger partial charge in [0.25, 0.3) is 0 Å². The summed E-state index contributed by atoms with van der Waals surface area (Å²) in [7, 11) is 1.95. The van der Waals surface area contributed by atoms with Crippen LogP contribution < -0.4 is 4.74 Å². The van der Waals surface area contributed by atoms with E-state index in [9.17, 15) is 0 Å². The number of ether oxygens (including phenoxy) is 1. The first-order chi connectivity index (χ1) is 9.22. The highest BCUT2D eigenvalue weighted by molar-refractivity contribution is 7.99. The van der Waals surface area contributed by atoms with Gasteiger partial charge in [-0.3, -0.25) is 0 Å². The first kappa shape index (κ1) is 14.2. The topological polar surface area (TPSA) is 39.9 Å². The van der Waals surface area contributed by atoms with E-state index in [0.29, 0.717) is 17.4 Å². The van der Waals surface area contributed by atoms with Crippen molar-refractivity contribution in [1.29, 1.82) is 0 Å². The Morgan fingerprint density at radius 1 is 1.32 bits per heavy atom. The van der Waals surface area contributed by atoms with Gasteiger partial charge < -0.3 is 9.30 Å². The summed E-state index contributed by atoms with van der Waals surface area (Å²) >= 11 is 7.73. The maximum Gasteiger partial charge on any atom is 0.191 e. The van der Waals surface area contributed by atoms with Crippen molar-refractivity contribution in [1.82, 2.24) is 14.8 Å². The second kappa shape index (κ2) is 6.82. The summed E-state index contributed by atoms with van der Waals surface area (Å²) in [5, 5.41) is 9.81. The van der Waals surface area contributed by atoms with Gasteiger partial charge in [-0.25, -0.2) is 0 Å². The van der Waals surface area contributed by atoms with Crippen LogP contribution in [0.3, 0.4) is 0 Å². The van der Waals surface area contributed by atoms with E-state index in [-0.39, 0.29) is 0 Å². The fraction of sp³-hybridized carbons (Fsp3) is 0.385. The summed E-state index contributed by atoms with van der Waals surface area (Å²) in [6.45, 7) is 2.50. The van der Waals surface area contributed by atoms with Crippen LogP contribution in [-0.2, 0) is 13.7 Å². The van der Waals surface area contributed by atoms with Gasteiger partial charge in [-0.1, -0.05) is 42.4 Å². The highest BCUT2D eigenvalue weighted by atomic mass is 35.5. The fourth-order valence-electron chi connectivity index (χ4n) is 1.49. The maximum atomic E-state index is 6.03. The third-order valence-corrected chi connectivity index (χ3v) is 4.09. The van der Waals surface area contributed by atoms with Gasteiger partial charge in [0, 0.05) is 12.8 Å². The normalized spacial score (nSPS) is 10.7. The number of para-hydroxylation sites is 1. The Bertz CT molecular complexity index is 544. The molecule has 6 heteroatoms. The second-order valence-corrected chi connectivity index (χ2v) is 5.49. The van der Waals surface area contributed by atoms with Crippen molar-refractivity contribution < 1.29 is 4.74 Å². The first-order valence-electron chi connectivity index (χ1n) is 6.10. The van der Waals surface area contributed by atoms with Crippen LogP contribution in [0.15, 0.2) is 29.4 Å².